The molecule has 0 atom stereocenters. The third-order valence-electron chi connectivity index (χ3n) is 4.57. The molecular weight excluding hydrogens is 388 g/mol. The lowest BCUT2D eigenvalue weighted by atomic mass is 10.2. The zero-order valence-corrected chi connectivity index (χ0v) is 16.9. The fraction of sp³-hybridized carbons (Fsp3) is 0.182. The summed E-state index contributed by atoms with van der Waals surface area (Å²) in [4.78, 5) is 17.9. The van der Waals surface area contributed by atoms with Crippen LogP contribution in [0.15, 0.2) is 75.2 Å². The minimum atomic E-state index is -0.0906. The van der Waals surface area contributed by atoms with Crippen molar-refractivity contribution in [2.45, 2.75) is 17.5 Å². The Hall–Kier alpha value is -3.19. The van der Waals surface area contributed by atoms with Gasteiger partial charge in [0.1, 0.15) is 17.3 Å². The largest absolute Gasteiger partial charge is 0.497 e. The van der Waals surface area contributed by atoms with E-state index < -0.39 is 0 Å². The Morgan fingerprint density at radius 1 is 1.07 bits per heavy atom. The molecule has 4 aromatic rings. The first-order chi connectivity index (χ1) is 14.2. The number of hydrogen-bond acceptors (Lipinski definition) is 6. The molecule has 2 heterocycles. The number of aromatic nitrogens is 2. The van der Waals surface area contributed by atoms with Crippen LogP contribution < -0.4 is 15.0 Å². The van der Waals surface area contributed by atoms with Gasteiger partial charge in [-0.25, -0.2) is 4.98 Å². The second-order valence-electron chi connectivity index (χ2n) is 6.35. The molecule has 0 N–H and O–H groups in total. The highest BCUT2D eigenvalue weighted by atomic mass is 32.2. The van der Waals surface area contributed by atoms with E-state index >= 15 is 0 Å². The number of rotatable bonds is 7. The van der Waals surface area contributed by atoms with E-state index in [1.165, 1.54) is 11.8 Å². The summed E-state index contributed by atoms with van der Waals surface area (Å²) in [6, 6.07) is 16.7. The van der Waals surface area contributed by atoms with Crippen LogP contribution in [-0.4, -0.2) is 23.8 Å². The Morgan fingerprint density at radius 3 is 2.69 bits per heavy atom. The number of hydrogen-bond donors (Lipinski definition) is 0. The Bertz CT molecular complexity index is 1190. The normalized spacial score (nSPS) is 11.0. The molecule has 4 rings (SSSR count). The molecule has 0 amide bonds. The second-order valence-corrected chi connectivity index (χ2v) is 7.29. The Balaban J connectivity index is 1.73. The molecule has 7 heteroatoms. The molecule has 0 bridgehead atoms. The summed E-state index contributed by atoms with van der Waals surface area (Å²) in [7, 11) is 3.27. The maximum Gasteiger partial charge on any atom is 0.262 e. The molecule has 0 radical (unpaired) electrons. The Morgan fingerprint density at radius 2 is 1.93 bits per heavy atom. The molecule has 0 saturated heterocycles. The number of thioether (sulfide) groups is 1. The van der Waals surface area contributed by atoms with Gasteiger partial charge in [-0.3, -0.25) is 9.36 Å². The topological polar surface area (TPSA) is 66.5 Å². The van der Waals surface area contributed by atoms with Gasteiger partial charge in [0.25, 0.3) is 5.56 Å². The lowest BCUT2D eigenvalue weighted by molar-refractivity contribution is 0.400. The van der Waals surface area contributed by atoms with Gasteiger partial charge in [0.15, 0.2) is 5.16 Å². The van der Waals surface area contributed by atoms with E-state index in [4.69, 9.17) is 18.9 Å². The van der Waals surface area contributed by atoms with Crippen LogP contribution in [0.4, 0.5) is 0 Å². The lowest BCUT2D eigenvalue weighted by Crippen LogP contribution is -2.23. The minimum absolute atomic E-state index is 0.0906. The molecule has 0 unspecified atom stereocenters. The van der Waals surface area contributed by atoms with Crippen LogP contribution >= 0.6 is 11.8 Å². The first-order valence-electron chi connectivity index (χ1n) is 9.05. The number of nitrogens with zero attached hydrogens (tertiary/aromatic N) is 2. The van der Waals surface area contributed by atoms with E-state index in [0.717, 1.165) is 17.1 Å². The summed E-state index contributed by atoms with van der Waals surface area (Å²) >= 11 is 1.47. The molecular formula is C22H20N2O4S. The number of ether oxygens (including phenoxy) is 2. The Labute approximate surface area is 172 Å². The second kappa shape index (κ2) is 8.45. The summed E-state index contributed by atoms with van der Waals surface area (Å²) in [5.74, 6) is 2.79. The van der Waals surface area contributed by atoms with Crippen molar-refractivity contribution in [1.29, 1.82) is 0 Å². The average molecular weight is 408 g/mol. The van der Waals surface area contributed by atoms with Gasteiger partial charge in [-0.1, -0.05) is 23.9 Å². The molecule has 0 fully saturated rings. The fourth-order valence-corrected chi connectivity index (χ4v) is 4.07. The van der Waals surface area contributed by atoms with Crippen molar-refractivity contribution >= 4 is 22.7 Å². The average Bonchev–Trinajstić information content (AvgIpc) is 3.27. The predicted molar refractivity (Wildman–Crippen MR) is 113 cm³/mol. The van der Waals surface area contributed by atoms with Crippen LogP contribution in [0.25, 0.3) is 10.9 Å². The third kappa shape index (κ3) is 4.00. The van der Waals surface area contributed by atoms with E-state index in [1.807, 2.05) is 48.5 Å². The lowest BCUT2D eigenvalue weighted by Gasteiger charge is -2.14. The molecule has 148 valence electrons. The Kier molecular flexibility index (Phi) is 5.57. The monoisotopic (exact) mass is 408 g/mol. The molecule has 6 nitrogen and oxygen atoms in total. The van der Waals surface area contributed by atoms with Crippen molar-refractivity contribution < 1.29 is 13.9 Å². The van der Waals surface area contributed by atoms with Gasteiger partial charge in [-0.2, -0.15) is 0 Å². The molecule has 0 aliphatic heterocycles. The van der Waals surface area contributed by atoms with Gasteiger partial charge < -0.3 is 13.9 Å². The van der Waals surface area contributed by atoms with Crippen molar-refractivity contribution in [3.8, 4) is 11.5 Å². The van der Waals surface area contributed by atoms with E-state index in [9.17, 15) is 4.79 Å². The van der Waals surface area contributed by atoms with Crippen molar-refractivity contribution in [1.82, 2.24) is 9.55 Å². The smallest absolute Gasteiger partial charge is 0.262 e. The van der Waals surface area contributed by atoms with Crippen LogP contribution in [0, 0.1) is 0 Å². The third-order valence-corrected chi connectivity index (χ3v) is 5.59. The maximum absolute atomic E-state index is 13.1. The van der Waals surface area contributed by atoms with Crippen molar-refractivity contribution in [2.24, 2.45) is 0 Å². The van der Waals surface area contributed by atoms with Gasteiger partial charge in [0.2, 0.25) is 0 Å². The molecule has 0 aliphatic rings. The molecule has 29 heavy (non-hydrogen) atoms. The van der Waals surface area contributed by atoms with Crippen molar-refractivity contribution in [3.63, 3.8) is 0 Å². The van der Waals surface area contributed by atoms with Crippen LogP contribution in [0.5, 0.6) is 11.5 Å². The predicted octanol–water partition coefficient (Wildman–Crippen LogP) is 4.35. The fourth-order valence-electron chi connectivity index (χ4n) is 3.09. The van der Waals surface area contributed by atoms with E-state index in [0.29, 0.717) is 34.1 Å². The van der Waals surface area contributed by atoms with Crippen LogP contribution in [0.3, 0.4) is 0 Å². The highest BCUT2D eigenvalue weighted by Crippen LogP contribution is 2.30. The number of para-hydroxylation sites is 1. The molecule has 0 spiro atoms. The van der Waals surface area contributed by atoms with Crippen LogP contribution in [0.2, 0.25) is 0 Å². The molecule has 2 aromatic heterocycles. The van der Waals surface area contributed by atoms with E-state index in [2.05, 4.69) is 0 Å². The van der Waals surface area contributed by atoms with Gasteiger partial charge in [0, 0.05) is 11.3 Å². The van der Waals surface area contributed by atoms with Crippen LogP contribution in [0.1, 0.15) is 11.3 Å². The van der Waals surface area contributed by atoms with Gasteiger partial charge in [-0.15, -0.1) is 0 Å². The van der Waals surface area contributed by atoms with Crippen molar-refractivity contribution in [2.75, 3.05) is 14.2 Å². The van der Waals surface area contributed by atoms with Crippen LogP contribution in [-0.2, 0) is 12.3 Å². The number of furan rings is 1. The quantitative estimate of drug-likeness (QED) is 0.335. The summed E-state index contributed by atoms with van der Waals surface area (Å²) in [6.07, 6.45) is 1.60. The summed E-state index contributed by atoms with van der Waals surface area (Å²) in [5.41, 5.74) is 1.55. The van der Waals surface area contributed by atoms with E-state index in [-0.39, 0.29) is 5.56 Å². The summed E-state index contributed by atoms with van der Waals surface area (Å²) < 4.78 is 17.9. The van der Waals surface area contributed by atoms with Gasteiger partial charge >= 0.3 is 0 Å². The van der Waals surface area contributed by atoms with E-state index in [1.54, 1.807) is 31.1 Å². The maximum atomic E-state index is 13.1. The standard InChI is InChI=1S/C22H20N2O4S/c1-26-16-9-10-20(27-2)15(12-16)14-29-22-23-19-8-4-3-7-18(19)21(25)24(22)13-17-6-5-11-28-17/h3-12H,13-14H2,1-2H3. The molecule has 0 saturated carbocycles. The minimum Gasteiger partial charge on any atom is -0.497 e. The summed E-state index contributed by atoms with van der Waals surface area (Å²) in [5, 5.41) is 1.21. The SMILES string of the molecule is COc1ccc(OC)c(CSc2nc3ccccc3c(=O)n2Cc2ccco2)c1. The van der Waals surface area contributed by atoms with Gasteiger partial charge in [-0.05, 0) is 42.5 Å². The molecule has 2 aromatic carbocycles. The van der Waals surface area contributed by atoms with Crippen molar-refractivity contribution in [3.05, 3.63) is 82.5 Å². The van der Waals surface area contributed by atoms with Gasteiger partial charge in [0.05, 0.1) is 37.9 Å². The zero-order chi connectivity index (χ0) is 20.2. The zero-order valence-electron chi connectivity index (χ0n) is 16.1. The summed E-state index contributed by atoms with van der Waals surface area (Å²) in [6.45, 7) is 0.321. The number of methoxy groups -OCH3 is 2. The first kappa shape index (κ1) is 19.1. The highest BCUT2D eigenvalue weighted by Gasteiger charge is 2.14. The number of benzene rings is 2. The number of fused-ring (bicyclic) bond motifs is 1. The highest BCUT2D eigenvalue weighted by molar-refractivity contribution is 7.98. The molecule has 0 aliphatic carbocycles. The first-order valence-corrected chi connectivity index (χ1v) is 10.0.